The first-order chi connectivity index (χ1) is 16.3. The van der Waals surface area contributed by atoms with E-state index >= 15 is 0 Å². The van der Waals surface area contributed by atoms with Crippen molar-refractivity contribution in [2.24, 2.45) is 29.6 Å². The number of hydrogen-bond donors (Lipinski definition) is 5. The second kappa shape index (κ2) is 9.50. The third-order valence-electron chi connectivity index (χ3n) is 7.52. The van der Waals surface area contributed by atoms with E-state index in [1.165, 1.54) is 24.4 Å². The number of pyridine rings is 1. The van der Waals surface area contributed by atoms with Crippen LogP contribution in [0, 0.1) is 29.6 Å². The van der Waals surface area contributed by atoms with E-state index in [0.29, 0.717) is 11.5 Å². The van der Waals surface area contributed by atoms with Crippen LogP contribution in [0.5, 0.6) is 17.2 Å². The maximum atomic E-state index is 13.8. The zero-order valence-electron chi connectivity index (χ0n) is 19.4. The number of carbonyl (C=O) groups excluding carboxylic acids is 1. The summed E-state index contributed by atoms with van der Waals surface area (Å²) in [5.41, 5.74) is 0.626. The predicted octanol–water partition coefficient (Wildman–Crippen LogP) is 4.13. The molecule has 7 nitrogen and oxygen atoms in total. The first-order valence-corrected chi connectivity index (χ1v) is 11.7. The fraction of sp³-hybridized carbons (Fsp3) is 0.407. The van der Waals surface area contributed by atoms with E-state index in [-0.39, 0.29) is 47.0 Å². The normalized spacial score (nSPS) is 26.8. The molecule has 0 aliphatic heterocycles. The van der Waals surface area contributed by atoms with Crippen molar-refractivity contribution in [2.75, 3.05) is 6.61 Å². The quantitative estimate of drug-likeness (QED) is 0.256. The number of benzene rings is 1. The summed E-state index contributed by atoms with van der Waals surface area (Å²) in [6.45, 7) is 4.04. The molecule has 1 heterocycles. The number of aromatic amines is 1. The second-order valence-corrected chi connectivity index (χ2v) is 9.49. The van der Waals surface area contributed by atoms with Gasteiger partial charge in [0.05, 0.1) is 0 Å². The number of carbonyl (C=O) groups is 1. The molecule has 4 rings (SSSR count). The van der Waals surface area contributed by atoms with Crippen LogP contribution in [0.1, 0.15) is 43.5 Å². The minimum absolute atomic E-state index is 0.120. The summed E-state index contributed by atoms with van der Waals surface area (Å²) in [4.78, 5) is 29.1. The average Bonchev–Trinajstić information content (AvgIpc) is 2.82. The number of rotatable bonds is 5. The van der Waals surface area contributed by atoms with Gasteiger partial charge in [-0.3, -0.25) is 9.59 Å². The molecule has 7 heteroatoms. The van der Waals surface area contributed by atoms with E-state index in [1.54, 1.807) is 0 Å². The first-order valence-electron chi connectivity index (χ1n) is 11.7. The van der Waals surface area contributed by atoms with Gasteiger partial charge in [-0.25, -0.2) is 0 Å². The van der Waals surface area contributed by atoms with Crippen LogP contribution in [0.25, 0.3) is 11.1 Å². The molecule has 34 heavy (non-hydrogen) atoms. The summed E-state index contributed by atoms with van der Waals surface area (Å²) in [5.74, 6) is -1.70. The minimum Gasteiger partial charge on any atom is -0.506 e. The first kappa shape index (κ1) is 23.8. The van der Waals surface area contributed by atoms with Crippen LogP contribution in [0.3, 0.4) is 0 Å². The summed E-state index contributed by atoms with van der Waals surface area (Å²) in [6, 6.07) is 4.00. The topological polar surface area (TPSA) is 131 Å². The highest BCUT2D eigenvalue weighted by molar-refractivity contribution is 6.03. The van der Waals surface area contributed by atoms with Gasteiger partial charge in [-0.2, -0.15) is 0 Å². The summed E-state index contributed by atoms with van der Waals surface area (Å²) in [5, 5.41) is 40.2. The maximum absolute atomic E-state index is 13.8. The number of aromatic hydroxyl groups is 3. The number of fused-ring (bicyclic) bond motifs is 1. The van der Waals surface area contributed by atoms with Crippen molar-refractivity contribution in [1.29, 1.82) is 0 Å². The fourth-order valence-corrected chi connectivity index (χ4v) is 5.80. The van der Waals surface area contributed by atoms with Gasteiger partial charge in [0, 0.05) is 24.3 Å². The Morgan fingerprint density at radius 1 is 1.18 bits per heavy atom. The zero-order chi connectivity index (χ0) is 24.6. The fourth-order valence-electron chi connectivity index (χ4n) is 5.80. The van der Waals surface area contributed by atoms with Gasteiger partial charge in [0.1, 0.15) is 11.3 Å². The number of aromatic nitrogens is 1. The van der Waals surface area contributed by atoms with Gasteiger partial charge in [0.2, 0.25) is 0 Å². The average molecular weight is 466 g/mol. The number of phenolic OH excluding ortho intramolecular Hbond substituents is 2. The van der Waals surface area contributed by atoms with Gasteiger partial charge in [0.25, 0.3) is 5.56 Å². The lowest BCUT2D eigenvalue weighted by Gasteiger charge is -2.45. The number of phenols is 2. The molecule has 2 aliphatic rings. The van der Waals surface area contributed by atoms with E-state index in [4.69, 9.17) is 0 Å². The number of nitrogens with one attached hydrogen (secondary N) is 1. The molecule has 1 aromatic carbocycles. The van der Waals surface area contributed by atoms with Crippen LogP contribution >= 0.6 is 0 Å². The number of aliphatic hydroxyl groups excluding tert-OH is 1. The van der Waals surface area contributed by atoms with E-state index in [9.17, 15) is 30.0 Å². The summed E-state index contributed by atoms with van der Waals surface area (Å²) < 4.78 is 0. The Hall–Kier alpha value is -3.32. The Labute approximate surface area is 198 Å². The standard InChI is InChI=1S/C27H31NO6/c1-3-4-18-19-10-15(13-29)5-7-17(19)14(2)9-20(18)25(32)24-26(33)21(12-28-27(24)34)16-6-8-22(30)23(31)11-16/h3-4,6,8-9,11-12,15,17-20,29-31H,5,7,10,13H2,1-2H3,(H2,28,33,34)/b4-3+/t15-,17+,18+,19-,20+/m0/s1. The molecule has 0 radical (unpaired) electrons. The lowest BCUT2D eigenvalue weighted by Crippen LogP contribution is -2.41. The number of aliphatic hydroxyl groups is 1. The summed E-state index contributed by atoms with van der Waals surface area (Å²) in [6.07, 6.45) is 9.86. The van der Waals surface area contributed by atoms with Gasteiger partial charge in [0.15, 0.2) is 17.3 Å². The molecule has 5 N–H and O–H groups in total. The van der Waals surface area contributed by atoms with E-state index in [0.717, 1.165) is 24.8 Å². The van der Waals surface area contributed by atoms with Gasteiger partial charge in [-0.05, 0) is 74.5 Å². The van der Waals surface area contributed by atoms with Gasteiger partial charge in [-0.15, -0.1) is 0 Å². The smallest absolute Gasteiger partial charge is 0.262 e. The molecule has 0 bridgehead atoms. The van der Waals surface area contributed by atoms with Crippen molar-refractivity contribution in [1.82, 2.24) is 4.98 Å². The number of H-pyrrole nitrogens is 1. The van der Waals surface area contributed by atoms with Crippen LogP contribution in [0.2, 0.25) is 0 Å². The molecule has 0 spiro atoms. The van der Waals surface area contributed by atoms with E-state index in [1.807, 2.05) is 32.1 Å². The van der Waals surface area contributed by atoms with Crippen LogP contribution in [0.4, 0.5) is 0 Å². The number of Topliss-reactive ketones (excluding diaryl/α,β-unsaturated/α-hetero) is 1. The maximum Gasteiger partial charge on any atom is 0.262 e. The highest BCUT2D eigenvalue weighted by atomic mass is 16.3. The van der Waals surface area contributed by atoms with Crippen LogP contribution < -0.4 is 5.56 Å². The molecule has 180 valence electrons. The van der Waals surface area contributed by atoms with Gasteiger partial charge >= 0.3 is 0 Å². The molecular formula is C27H31NO6. The molecule has 2 aromatic rings. The molecule has 1 saturated carbocycles. The summed E-state index contributed by atoms with van der Waals surface area (Å²) >= 11 is 0. The van der Waals surface area contributed by atoms with Crippen molar-refractivity contribution in [3.8, 4) is 28.4 Å². The molecule has 1 fully saturated rings. The Morgan fingerprint density at radius 2 is 1.94 bits per heavy atom. The molecule has 0 unspecified atom stereocenters. The Bertz CT molecular complexity index is 1210. The van der Waals surface area contributed by atoms with Crippen LogP contribution in [-0.2, 0) is 0 Å². The van der Waals surface area contributed by atoms with Crippen molar-refractivity contribution in [3.63, 3.8) is 0 Å². The SMILES string of the molecule is C/C=C/[C@@H]1[C@H]2C[C@@H](CO)CC[C@@H]2C(C)=C[C@H]1C(=O)c1c(O)c(-c2ccc(O)c(O)c2)c[nH]c1=O. The second-order valence-electron chi connectivity index (χ2n) is 9.49. The molecule has 2 aliphatic carbocycles. The van der Waals surface area contributed by atoms with Crippen molar-refractivity contribution >= 4 is 5.78 Å². The molecular weight excluding hydrogens is 434 g/mol. The summed E-state index contributed by atoms with van der Waals surface area (Å²) in [7, 11) is 0. The minimum atomic E-state index is -0.682. The largest absolute Gasteiger partial charge is 0.506 e. The number of ketones is 1. The van der Waals surface area contributed by atoms with Crippen molar-refractivity contribution < 1.29 is 25.2 Å². The number of allylic oxidation sites excluding steroid dienone is 4. The predicted molar refractivity (Wildman–Crippen MR) is 129 cm³/mol. The Balaban J connectivity index is 1.79. The molecule has 1 aromatic heterocycles. The van der Waals surface area contributed by atoms with Crippen molar-refractivity contribution in [2.45, 2.75) is 33.1 Å². The highest BCUT2D eigenvalue weighted by Crippen LogP contribution is 2.49. The Kier molecular flexibility index (Phi) is 6.66. The lowest BCUT2D eigenvalue weighted by atomic mass is 9.59. The lowest BCUT2D eigenvalue weighted by molar-refractivity contribution is 0.0719. The number of hydrogen-bond acceptors (Lipinski definition) is 6. The third-order valence-corrected chi connectivity index (χ3v) is 7.52. The zero-order valence-corrected chi connectivity index (χ0v) is 19.4. The van der Waals surface area contributed by atoms with Gasteiger partial charge in [-0.1, -0.05) is 29.9 Å². The molecule has 0 saturated heterocycles. The molecule has 0 amide bonds. The monoisotopic (exact) mass is 465 g/mol. The highest BCUT2D eigenvalue weighted by Gasteiger charge is 2.44. The van der Waals surface area contributed by atoms with Crippen LogP contribution in [0.15, 0.2) is 53.0 Å². The Morgan fingerprint density at radius 3 is 2.62 bits per heavy atom. The third kappa shape index (κ3) is 4.16. The van der Waals surface area contributed by atoms with E-state index < -0.39 is 23.0 Å². The van der Waals surface area contributed by atoms with Gasteiger partial charge < -0.3 is 25.4 Å². The molecule has 5 atom stereocenters. The van der Waals surface area contributed by atoms with E-state index in [2.05, 4.69) is 4.98 Å². The van der Waals surface area contributed by atoms with Crippen molar-refractivity contribution in [3.05, 3.63) is 64.1 Å². The van der Waals surface area contributed by atoms with Crippen LogP contribution in [-0.4, -0.2) is 37.8 Å².